The molecular formula is C12H28N4O2S. The zero-order valence-electron chi connectivity index (χ0n) is 12.7. The van der Waals surface area contributed by atoms with E-state index in [1.807, 2.05) is 13.8 Å². The lowest BCUT2D eigenvalue weighted by atomic mass is 10.4. The van der Waals surface area contributed by atoms with E-state index in [1.165, 1.54) is 10.6 Å². The Morgan fingerprint density at radius 3 is 2.37 bits per heavy atom. The molecule has 0 spiro atoms. The van der Waals surface area contributed by atoms with Gasteiger partial charge in [-0.05, 0) is 27.2 Å². The summed E-state index contributed by atoms with van der Waals surface area (Å²) in [5.41, 5.74) is 0. The number of rotatable bonds is 8. The topological polar surface area (TPSA) is 73.8 Å². The lowest BCUT2D eigenvalue weighted by Crippen LogP contribution is -2.41. The number of aliphatic imine (C=N–C) groups is 1. The van der Waals surface area contributed by atoms with Gasteiger partial charge in [-0.3, -0.25) is 4.99 Å². The molecule has 0 amide bonds. The van der Waals surface area contributed by atoms with Gasteiger partial charge in [0.1, 0.15) is 0 Å². The fourth-order valence-electron chi connectivity index (χ4n) is 1.59. The first-order valence-corrected chi connectivity index (χ1v) is 8.66. The van der Waals surface area contributed by atoms with Gasteiger partial charge < -0.3 is 10.6 Å². The summed E-state index contributed by atoms with van der Waals surface area (Å²) >= 11 is 0. The summed E-state index contributed by atoms with van der Waals surface area (Å²) in [6, 6.07) is 0.320. The summed E-state index contributed by atoms with van der Waals surface area (Å²) in [5.74, 6) is 0.778. The molecule has 0 atom stereocenters. The Hall–Kier alpha value is -0.820. The Balaban J connectivity index is 4.23. The predicted molar refractivity (Wildman–Crippen MR) is 81.0 cm³/mol. The van der Waals surface area contributed by atoms with Crippen molar-refractivity contribution in [3.05, 3.63) is 0 Å². The van der Waals surface area contributed by atoms with Crippen LogP contribution in [0.1, 0.15) is 34.1 Å². The van der Waals surface area contributed by atoms with Crippen LogP contribution in [0, 0.1) is 0 Å². The highest BCUT2D eigenvalue weighted by Gasteiger charge is 2.12. The second kappa shape index (κ2) is 9.14. The van der Waals surface area contributed by atoms with Gasteiger partial charge >= 0.3 is 0 Å². The lowest BCUT2D eigenvalue weighted by molar-refractivity contribution is 0.427. The first-order valence-electron chi connectivity index (χ1n) is 6.81. The molecule has 0 saturated heterocycles. The third-order valence-electron chi connectivity index (χ3n) is 2.43. The van der Waals surface area contributed by atoms with Gasteiger partial charge in [0, 0.05) is 32.2 Å². The largest absolute Gasteiger partial charge is 0.357 e. The van der Waals surface area contributed by atoms with E-state index in [4.69, 9.17) is 0 Å². The van der Waals surface area contributed by atoms with Gasteiger partial charge in [-0.25, -0.2) is 12.7 Å². The molecule has 0 aliphatic rings. The number of hydrogen-bond acceptors (Lipinski definition) is 3. The van der Waals surface area contributed by atoms with Gasteiger partial charge in [0.25, 0.3) is 0 Å². The van der Waals surface area contributed by atoms with Crippen LogP contribution in [-0.2, 0) is 10.0 Å². The van der Waals surface area contributed by atoms with Crippen LogP contribution < -0.4 is 10.6 Å². The van der Waals surface area contributed by atoms with Crippen LogP contribution in [0.15, 0.2) is 4.99 Å². The third-order valence-corrected chi connectivity index (χ3v) is 3.81. The molecule has 0 rings (SSSR count). The van der Waals surface area contributed by atoms with Crippen LogP contribution in [0.3, 0.4) is 0 Å². The normalized spacial score (nSPS) is 13.1. The van der Waals surface area contributed by atoms with E-state index in [9.17, 15) is 8.42 Å². The van der Waals surface area contributed by atoms with E-state index in [0.717, 1.165) is 18.9 Å². The second-order valence-corrected chi connectivity index (χ2v) is 6.65. The fourth-order valence-corrected chi connectivity index (χ4v) is 2.52. The molecule has 0 aliphatic heterocycles. The van der Waals surface area contributed by atoms with E-state index >= 15 is 0 Å². The first-order chi connectivity index (χ1) is 8.81. The van der Waals surface area contributed by atoms with Gasteiger partial charge in [0.15, 0.2) is 5.96 Å². The standard InChI is InChI=1S/C12H28N4O2S/c1-6-13-12(15-11(3)4)14-9-8-10-16(7-2)19(5,17)18/h11H,6-10H2,1-5H3,(H2,13,14,15). The van der Waals surface area contributed by atoms with Crippen LogP contribution in [0.4, 0.5) is 0 Å². The van der Waals surface area contributed by atoms with E-state index in [2.05, 4.69) is 29.5 Å². The summed E-state index contributed by atoms with van der Waals surface area (Å²) in [4.78, 5) is 4.41. The molecule has 19 heavy (non-hydrogen) atoms. The first kappa shape index (κ1) is 18.2. The van der Waals surface area contributed by atoms with Crippen LogP contribution in [0.5, 0.6) is 0 Å². The molecule has 0 fully saturated rings. The Morgan fingerprint density at radius 1 is 1.32 bits per heavy atom. The molecule has 2 N–H and O–H groups in total. The summed E-state index contributed by atoms with van der Waals surface area (Å²) < 4.78 is 24.3. The van der Waals surface area contributed by atoms with Crippen LogP contribution >= 0.6 is 0 Å². The Morgan fingerprint density at radius 2 is 1.95 bits per heavy atom. The number of nitrogens with zero attached hydrogens (tertiary/aromatic N) is 2. The third kappa shape index (κ3) is 8.83. The Bertz CT molecular complexity index is 366. The summed E-state index contributed by atoms with van der Waals surface area (Å²) in [6.07, 6.45) is 1.96. The van der Waals surface area contributed by atoms with E-state index in [-0.39, 0.29) is 0 Å². The molecule has 0 aliphatic carbocycles. The van der Waals surface area contributed by atoms with Crippen molar-refractivity contribution in [2.24, 2.45) is 4.99 Å². The van der Waals surface area contributed by atoms with Gasteiger partial charge in [0.05, 0.1) is 6.26 Å². The molecule has 0 aromatic carbocycles. The zero-order valence-corrected chi connectivity index (χ0v) is 13.5. The monoisotopic (exact) mass is 292 g/mol. The molecule has 0 heterocycles. The maximum absolute atomic E-state index is 11.4. The number of guanidine groups is 1. The summed E-state index contributed by atoms with van der Waals surface area (Å²) in [6.45, 7) is 10.4. The van der Waals surface area contributed by atoms with E-state index < -0.39 is 10.0 Å². The summed E-state index contributed by atoms with van der Waals surface area (Å²) in [5, 5.41) is 6.37. The van der Waals surface area contributed by atoms with Crippen molar-refractivity contribution >= 4 is 16.0 Å². The molecule has 114 valence electrons. The number of nitrogens with one attached hydrogen (secondary N) is 2. The predicted octanol–water partition coefficient (Wildman–Crippen LogP) is 0.622. The molecular weight excluding hydrogens is 264 g/mol. The zero-order chi connectivity index (χ0) is 14.9. The quantitative estimate of drug-likeness (QED) is 0.391. The molecule has 0 saturated carbocycles. The Labute approximate surface area is 117 Å². The van der Waals surface area contributed by atoms with Crippen molar-refractivity contribution in [3.63, 3.8) is 0 Å². The van der Waals surface area contributed by atoms with Gasteiger partial charge in [-0.1, -0.05) is 6.92 Å². The molecule has 0 bridgehead atoms. The van der Waals surface area contributed by atoms with Crippen molar-refractivity contribution in [2.75, 3.05) is 32.4 Å². The molecule has 0 aromatic heterocycles. The van der Waals surface area contributed by atoms with Crippen molar-refractivity contribution in [3.8, 4) is 0 Å². The molecule has 0 unspecified atom stereocenters. The minimum atomic E-state index is -3.09. The molecule has 0 radical (unpaired) electrons. The van der Waals surface area contributed by atoms with Crippen LogP contribution in [0.25, 0.3) is 0 Å². The highest BCUT2D eigenvalue weighted by molar-refractivity contribution is 7.88. The maximum Gasteiger partial charge on any atom is 0.211 e. The van der Waals surface area contributed by atoms with Crippen LogP contribution in [-0.4, -0.2) is 57.2 Å². The molecule has 0 aromatic rings. The number of sulfonamides is 1. The maximum atomic E-state index is 11.4. The SMILES string of the molecule is CCNC(=NCCCN(CC)S(C)(=O)=O)NC(C)C. The van der Waals surface area contributed by atoms with Gasteiger partial charge in [-0.15, -0.1) is 0 Å². The fraction of sp³-hybridized carbons (Fsp3) is 0.917. The smallest absolute Gasteiger partial charge is 0.211 e. The molecule has 6 nitrogen and oxygen atoms in total. The van der Waals surface area contributed by atoms with Gasteiger partial charge in [0.2, 0.25) is 10.0 Å². The highest BCUT2D eigenvalue weighted by Crippen LogP contribution is 1.99. The minimum absolute atomic E-state index is 0.320. The summed E-state index contributed by atoms with van der Waals surface area (Å²) in [7, 11) is -3.09. The van der Waals surface area contributed by atoms with Crippen molar-refractivity contribution in [1.82, 2.24) is 14.9 Å². The van der Waals surface area contributed by atoms with E-state index in [1.54, 1.807) is 0 Å². The van der Waals surface area contributed by atoms with Crippen molar-refractivity contribution < 1.29 is 8.42 Å². The van der Waals surface area contributed by atoms with Gasteiger partial charge in [-0.2, -0.15) is 0 Å². The molecule has 7 heteroatoms. The van der Waals surface area contributed by atoms with Crippen molar-refractivity contribution in [1.29, 1.82) is 0 Å². The van der Waals surface area contributed by atoms with E-state index in [0.29, 0.717) is 25.7 Å². The Kier molecular flexibility index (Phi) is 8.75. The minimum Gasteiger partial charge on any atom is -0.357 e. The second-order valence-electron chi connectivity index (χ2n) is 4.67. The highest BCUT2D eigenvalue weighted by atomic mass is 32.2. The van der Waals surface area contributed by atoms with Crippen LogP contribution in [0.2, 0.25) is 0 Å². The van der Waals surface area contributed by atoms with Crippen molar-refractivity contribution in [2.45, 2.75) is 40.2 Å². The average Bonchev–Trinajstić information content (AvgIpc) is 2.26. The lowest BCUT2D eigenvalue weighted by Gasteiger charge is -2.17. The number of hydrogen-bond donors (Lipinski definition) is 2. The average molecular weight is 292 g/mol.